The van der Waals surface area contributed by atoms with E-state index in [1.165, 1.54) is 56.3 Å². The van der Waals surface area contributed by atoms with Crippen molar-refractivity contribution in [3.63, 3.8) is 0 Å². The molecule has 0 bridgehead atoms. The van der Waals surface area contributed by atoms with E-state index in [0.29, 0.717) is 0 Å². The molecule has 1 rings (SSSR count). The van der Waals surface area contributed by atoms with Crippen molar-refractivity contribution < 1.29 is 4.79 Å². The van der Waals surface area contributed by atoms with Crippen LogP contribution in [0.4, 0.5) is 0 Å². The van der Waals surface area contributed by atoms with E-state index in [4.69, 9.17) is 0 Å². The van der Waals surface area contributed by atoms with Crippen LogP contribution in [-0.4, -0.2) is 12.5 Å². The Morgan fingerprint density at radius 1 is 1.10 bits per heavy atom. The molecule has 1 aromatic rings. The number of rotatable bonds is 10. The Hall–Kier alpha value is 0.130. The molecule has 114 valence electrons. The molecule has 5 heteroatoms. The number of nitrogens with one attached hydrogen (secondary N) is 1. The van der Waals surface area contributed by atoms with Gasteiger partial charge in [0.2, 0.25) is 0 Å². The second-order valence-electron chi connectivity index (χ2n) is 4.97. The van der Waals surface area contributed by atoms with E-state index in [1.54, 1.807) is 0 Å². The van der Waals surface area contributed by atoms with Gasteiger partial charge in [-0.25, -0.2) is 0 Å². The van der Waals surface area contributed by atoms with E-state index in [0.717, 1.165) is 26.1 Å². The molecule has 0 saturated heterocycles. The van der Waals surface area contributed by atoms with E-state index in [9.17, 15) is 4.79 Å². The minimum absolute atomic E-state index is 0.0155. The third kappa shape index (κ3) is 7.23. The van der Waals surface area contributed by atoms with E-state index < -0.39 is 0 Å². The smallest absolute Gasteiger partial charge is 0.253 e. The van der Waals surface area contributed by atoms with Crippen LogP contribution in [0.15, 0.2) is 13.6 Å². The first-order valence-corrected chi connectivity index (χ1v) is 9.78. The molecule has 0 aromatic carbocycles. The molecule has 0 saturated carbocycles. The summed E-state index contributed by atoms with van der Waals surface area (Å²) in [4.78, 5) is 11.9. The highest BCUT2D eigenvalue weighted by molar-refractivity contribution is 9.12. The van der Waals surface area contributed by atoms with Crippen LogP contribution in [0.3, 0.4) is 0 Å². The quantitative estimate of drug-likeness (QED) is 0.448. The molecule has 0 spiro atoms. The predicted octanol–water partition coefficient (Wildman–Crippen LogP) is 6.14. The first-order chi connectivity index (χ1) is 9.65. The van der Waals surface area contributed by atoms with Gasteiger partial charge in [0.25, 0.3) is 5.91 Å². The van der Waals surface area contributed by atoms with Gasteiger partial charge in [0.1, 0.15) is 0 Å². The molecule has 0 aliphatic rings. The standard InChI is InChI=1S/C15H23Br2NOS/c1-2-3-4-5-6-7-8-9-10-18-15(19)12-11-13(16)20-14(12)17/h11H,2-10H2,1H3,(H,18,19). The second kappa shape index (κ2) is 10.8. The Morgan fingerprint density at radius 2 is 1.70 bits per heavy atom. The molecule has 0 fully saturated rings. The maximum Gasteiger partial charge on any atom is 0.253 e. The van der Waals surface area contributed by atoms with Gasteiger partial charge in [0, 0.05) is 6.54 Å². The van der Waals surface area contributed by atoms with Gasteiger partial charge in [0.05, 0.1) is 13.1 Å². The molecule has 1 amide bonds. The third-order valence-electron chi connectivity index (χ3n) is 3.22. The average molecular weight is 425 g/mol. The molecule has 20 heavy (non-hydrogen) atoms. The highest BCUT2D eigenvalue weighted by Gasteiger charge is 2.12. The summed E-state index contributed by atoms with van der Waals surface area (Å²) >= 11 is 8.32. The Kier molecular flexibility index (Phi) is 9.82. The fourth-order valence-corrected chi connectivity index (χ4v) is 4.84. The first kappa shape index (κ1) is 18.2. The molecule has 0 unspecified atom stereocenters. The van der Waals surface area contributed by atoms with Crippen LogP contribution in [0, 0.1) is 0 Å². The molecule has 1 heterocycles. The van der Waals surface area contributed by atoms with Gasteiger partial charge in [-0.15, -0.1) is 11.3 Å². The minimum Gasteiger partial charge on any atom is -0.352 e. The second-order valence-corrected chi connectivity index (χ2v) is 8.72. The van der Waals surface area contributed by atoms with E-state index >= 15 is 0 Å². The summed E-state index contributed by atoms with van der Waals surface area (Å²) in [7, 11) is 0. The van der Waals surface area contributed by atoms with Gasteiger partial charge in [0.15, 0.2) is 0 Å². The molecule has 1 aromatic heterocycles. The van der Waals surface area contributed by atoms with Crippen LogP contribution in [0.25, 0.3) is 0 Å². The van der Waals surface area contributed by atoms with Crippen molar-refractivity contribution in [2.24, 2.45) is 0 Å². The maximum absolute atomic E-state index is 11.9. The first-order valence-electron chi connectivity index (χ1n) is 7.38. The van der Waals surface area contributed by atoms with Crippen LogP contribution >= 0.6 is 43.2 Å². The number of halogens is 2. The molecule has 0 atom stereocenters. The molecule has 0 radical (unpaired) electrons. The molecule has 2 nitrogen and oxygen atoms in total. The maximum atomic E-state index is 11.9. The number of hydrogen-bond acceptors (Lipinski definition) is 2. The van der Waals surface area contributed by atoms with Gasteiger partial charge in [-0.2, -0.15) is 0 Å². The summed E-state index contributed by atoms with van der Waals surface area (Å²) < 4.78 is 1.86. The lowest BCUT2D eigenvalue weighted by molar-refractivity contribution is 0.0952. The monoisotopic (exact) mass is 423 g/mol. The van der Waals surface area contributed by atoms with Crippen LogP contribution in [0.5, 0.6) is 0 Å². The number of carbonyl (C=O) groups excluding carboxylic acids is 1. The summed E-state index contributed by atoms with van der Waals surface area (Å²) in [6.45, 7) is 3.01. The summed E-state index contributed by atoms with van der Waals surface area (Å²) in [6, 6.07) is 1.86. The topological polar surface area (TPSA) is 29.1 Å². The summed E-state index contributed by atoms with van der Waals surface area (Å²) in [5, 5.41) is 2.98. The largest absolute Gasteiger partial charge is 0.352 e. The summed E-state index contributed by atoms with van der Waals surface area (Å²) in [5.41, 5.74) is 0.724. The van der Waals surface area contributed by atoms with E-state index in [2.05, 4.69) is 44.1 Å². The highest BCUT2D eigenvalue weighted by Crippen LogP contribution is 2.31. The zero-order valence-electron chi connectivity index (χ0n) is 12.0. The Labute approximate surface area is 143 Å². The fraction of sp³-hybridized carbons (Fsp3) is 0.667. The molecule has 1 N–H and O–H groups in total. The van der Waals surface area contributed by atoms with Gasteiger partial charge >= 0.3 is 0 Å². The Bertz CT molecular complexity index is 407. The lowest BCUT2D eigenvalue weighted by Gasteiger charge is -2.04. The number of unbranched alkanes of at least 4 members (excludes halogenated alkanes) is 7. The van der Waals surface area contributed by atoms with E-state index in [1.807, 2.05) is 6.07 Å². The van der Waals surface area contributed by atoms with Crippen molar-refractivity contribution in [2.75, 3.05) is 6.54 Å². The molecule has 0 aliphatic heterocycles. The van der Waals surface area contributed by atoms with Crippen molar-refractivity contribution in [3.8, 4) is 0 Å². The zero-order valence-corrected chi connectivity index (χ0v) is 16.0. The molecular formula is C15H23Br2NOS. The lowest BCUT2D eigenvalue weighted by Crippen LogP contribution is -2.24. The van der Waals surface area contributed by atoms with Crippen LogP contribution in [0.2, 0.25) is 0 Å². The summed E-state index contributed by atoms with van der Waals surface area (Å²) in [5.74, 6) is 0.0155. The van der Waals surface area contributed by atoms with Crippen molar-refractivity contribution in [1.82, 2.24) is 5.32 Å². The van der Waals surface area contributed by atoms with Gasteiger partial charge in [-0.3, -0.25) is 4.79 Å². The number of thiophene rings is 1. The number of carbonyl (C=O) groups is 1. The number of hydrogen-bond donors (Lipinski definition) is 1. The van der Waals surface area contributed by atoms with Crippen molar-refractivity contribution in [2.45, 2.75) is 58.3 Å². The SMILES string of the molecule is CCCCCCCCCCNC(=O)c1cc(Br)sc1Br. The third-order valence-corrected chi connectivity index (χ3v) is 5.56. The van der Waals surface area contributed by atoms with E-state index in [-0.39, 0.29) is 5.91 Å². The molecule has 0 aliphatic carbocycles. The number of amides is 1. The van der Waals surface area contributed by atoms with Crippen molar-refractivity contribution >= 4 is 49.1 Å². The highest BCUT2D eigenvalue weighted by atomic mass is 79.9. The fourth-order valence-electron chi connectivity index (χ4n) is 2.05. The Balaban J connectivity index is 2.04. The van der Waals surface area contributed by atoms with Crippen LogP contribution in [-0.2, 0) is 0 Å². The Morgan fingerprint density at radius 3 is 2.25 bits per heavy atom. The molecular weight excluding hydrogens is 402 g/mol. The normalized spacial score (nSPS) is 10.8. The zero-order chi connectivity index (χ0) is 14.8. The predicted molar refractivity (Wildman–Crippen MR) is 94.7 cm³/mol. The van der Waals surface area contributed by atoms with Crippen LogP contribution < -0.4 is 5.32 Å². The van der Waals surface area contributed by atoms with Crippen molar-refractivity contribution in [3.05, 3.63) is 19.2 Å². The van der Waals surface area contributed by atoms with Crippen LogP contribution in [0.1, 0.15) is 68.6 Å². The minimum atomic E-state index is 0.0155. The van der Waals surface area contributed by atoms with Gasteiger partial charge in [-0.1, -0.05) is 51.9 Å². The van der Waals surface area contributed by atoms with Crippen molar-refractivity contribution in [1.29, 1.82) is 0 Å². The average Bonchev–Trinajstić information content (AvgIpc) is 2.75. The van der Waals surface area contributed by atoms with Gasteiger partial charge < -0.3 is 5.32 Å². The van der Waals surface area contributed by atoms with Gasteiger partial charge in [-0.05, 0) is 44.3 Å². The summed E-state index contributed by atoms with van der Waals surface area (Å²) in [6.07, 6.45) is 10.3. The lowest BCUT2D eigenvalue weighted by atomic mass is 10.1.